The summed E-state index contributed by atoms with van der Waals surface area (Å²) in [4.78, 5) is 23.3. The van der Waals surface area contributed by atoms with Crippen LogP contribution in [0.2, 0.25) is 0 Å². The molecule has 0 aliphatic carbocycles. The molecule has 138 valence electrons. The summed E-state index contributed by atoms with van der Waals surface area (Å²) in [6, 6.07) is 9.13. The maximum Gasteiger partial charge on any atom is 0.416 e. The summed E-state index contributed by atoms with van der Waals surface area (Å²) in [5, 5.41) is 4.69. The molecule has 0 radical (unpaired) electrons. The van der Waals surface area contributed by atoms with Crippen LogP contribution >= 0.6 is 0 Å². The lowest BCUT2D eigenvalue weighted by Gasteiger charge is -2.10. The molecule has 2 aromatic rings. The number of hydrogen-bond donors (Lipinski definition) is 2. The molecule has 0 saturated heterocycles. The standard InChI is InChI=1S/C17H14F4N2O3/c18-12-4-6-13(7-5-12)23-15(24)9-22-16(25)10-26-14-3-1-2-11(8-14)17(19,20)21/h1-8H,9-10H2,(H,22,25)(H,23,24). The van der Waals surface area contributed by atoms with Crippen LogP contribution in [-0.2, 0) is 15.8 Å². The van der Waals surface area contributed by atoms with E-state index in [0.29, 0.717) is 5.69 Å². The van der Waals surface area contributed by atoms with Gasteiger partial charge in [0.1, 0.15) is 11.6 Å². The molecule has 2 amide bonds. The summed E-state index contributed by atoms with van der Waals surface area (Å²) < 4.78 is 55.5. The second kappa shape index (κ2) is 8.32. The van der Waals surface area contributed by atoms with Crippen LogP contribution in [0.4, 0.5) is 23.2 Å². The molecule has 0 aromatic heterocycles. The summed E-state index contributed by atoms with van der Waals surface area (Å²) in [5.41, 5.74) is -0.542. The molecule has 2 aromatic carbocycles. The minimum absolute atomic E-state index is 0.120. The Labute approximate surface area is 146 Å². The molecule has 2 N–H and O–H groups in total. The van der Waals surface area contributed by atoms with Gasteiger partial charge in [0.15, 0.2) is 6.61 Å². The van der Waals surface area contributed by atoms with Gasteiger partial charge in [-0.1, -0.05) is 6.07 Å². The van der Waals surface area contributed by atoms with Crippen LogP contribution in [0.25, 0.3) is 0 Å². The number of benzene rings is 2. The van der Waals surface area contributed by atoms with Crippen LogP contribution in [-0.4, -0.2) is 25.0 Å². The molecule has 0 aliphatic heterocycles. The van der Waals surface area contributed by atoms with E-state index in [0.717, 1.165) is 30.3 Å². The third-order valence-electron chi connectivity index (χ3n) is 3.11. The van der Waals surface area contributed by atoms with E-state index in [9.17, 15) is 27.2 Å². The lowest BCUT2D eigenvalue weighted by molar-refractivity contribution is -0.137. The van der Waals surface area contributed by atoms with Gasteiger partial charge in [0, 0.05) is 5.69 Å². The number of carbonyl (C=O) groups excluding carboxylic acids is 2. The van der Waals surface area contributed by atoms with Crippen molar-refractivity contribution in [3.63, 3.8) is 0 Å². The molecule has 0 saturated carbocycles. The molecule has 0 unspecified atom stereocenters. The quantitative estimate of drug-likeness (QED) is 0.769. The minimum atomic E-state index is -4.51. The van der Waals surface area contributed by atoms with Crippen molar-refractivity contribution in [2.45, 2.75) is 6.18 Å². The second-order valence-corrected chi connectivity index (χ2v) is 5.15. The van der Waals surface area contributed by atoms with E-state index in [1.807, 2.05) is 0 Å². The highest BCUT2D eigenvalue weighted by molar-refractivity contribution is 5.94. The molecular weight excluding hydrogens is 356 g/mol. The summed E-state index contributed by atoms with van der Waals surface area (Å²) >= 11 is 0. The van der Waals surface area contributed by atoms with E-state index >= 15 is 0 Å². The predicted octanol–water partition coefficient (Wildman–Crippen LogP) is 2.98. The highest BCUT2D eigenvalue weighted by Gasteiger charge is 2.30. The van der Waals surface area contributed by atoms with E-state index in [-0.39, 0.29) is 12.3 Å². The van der Waals surface area contributed by atoms with Crippen molar-refractivity contribution < 1.29 is 31.9 Å². The third-order valence-corrected chi connectivity index (χ3v) is 3.11. The molecule has 0 heterocycles. The van der Waals surface area contributed by atoms with E-state index in [1.54, 1.807) is 0 Å². The zero-order valence-electron chi connectivity index (χ0n) is 13.3. The number of rotatable bonds is 6. The van der Waals surface area contributed by atoms with Crippen molar-refractivity contribution in [1.29, 1.82) is 0 Å². The van der Waals surface area contributed by atoms with Gasteiger partial charge in [0.25, 0.3) is 5.91 Å². The molecule has 0 atom stereocenters. The fourth-order valence-corrected chi connectivity index (χ4v) is 1.88. The van der Waals surface area contributed by atoms with Gasteiger partial charge in [0.05, 0.1) is 12.1 Å². The third kappa shape index (κ3) is 6.08. The van der Waals surface area contributed by atoms with Gasteiger partial charge in [-0.2, -0.15) is 13.2 Å². The Balaban J connectivity index is 1.77. The van der Waals surface area contributed by atoms with Gasteiger partial charge < -0.3 is 15.4 Å². The van der Waals surface area contributed by atoms with Gasteiger partial charge in [-0.15, -0.1) is 0 Å². The fraction of sp³-hybridized carbons (Fsp3) is 0.176. The lowest BCUT2D eigenvalue weighted by Crippen LogP contribution is -2.35. The largest absolute Gasteiger partial charge is 0.484 e. The topological polar surface area (TPSA) is 67.4 Å². The van der Waals surface area contributed by atoms with Crippen LogP contribution in [0, 0.1) is 5.82 Å². The average molecular weight is 370 g/mol. The monoisotopic (exact) mass is 370 g/mol. The smallest absolute Gasteiger partial charge is 0.416 e. The number of carbonyl (C=O) groups is 2. The summed E-state index contributed by atoms with van der Waals surface area (Å²) in [6.07, 6.45) is -4.51. The Bertz CT molecular complexity index is 776. The lowest BCUT2D eigenvalue weighted by atomic mass is 10.2. The van der Waals surface area contributed by atoms with Gasteiger partial charge in [-0.25, -0.2) is 4.39 Å². The normalized spacial score (nSPS) is 10.9. The summed E-state index contributed by atoms with van der Waals surface area (Å²) in [5.74, 6) is -1.81. The van der Waals surface area contributed by atoms with Crippen LogP contribution in [0.5, 0.6) is 5.75 Å². The molecule has 0 aliphatic rings. The van der Waals surface area contributed by atoms with Crippen LogP contribution in [0.15, 0.2) is 48.5 Å². The zero-order chi connectivity index (χ0) is 19.2. The first-order chi connectivity index (χ1) is 12.2. The Kier molecular flexibility index (Phi) is 6.16. The first kappa shape index (κ1) is 19.2. The molecule has 5 nitrogen and oxygen atoms in total. The minimum Gasteiger partial charge on any atom is -0.484 e. The highest BCUT2D eigenvalue weighted by Crippen LogP contribution is 2.31. The molecule has 26 heavy (non-hydrogen) atoms. The van der Waals surface area contributed by atoms with Crippen LogP contribution in [0.1, 0.15) is 5.56 Å². The zero-order valence-corrected chi connectivity index (χ0v) is 13.3. The second-order valence-electron chi connectivity index (χ2n) is 5.15. The van der Waals surface area contributed by atoms with Crippen molar-refractivity contribution in [2.24, 2.45) is 0 Å². The van der Waals surface area contributed by atoms with Crippen LogP contribution < -0.4 is 15.4 Å². The maximum atomic E-state index is 12.7. The molecule has 9 heteroatoms. The first-order valence-corrected chi connectivity index (χ1v) is 7.36. The van der Waals surface area contributed by atoms with Crippen molar-refractivity contribution in [3.05, 3.63) is 59.9 Å². The van der Waals surface area contributed by atoms with E-state index < -0.39 is 36.0 Å². The SMILES string of the molecule is O=C(COc1cccc(C(F)(F)F)c1)NCC(=O)Nc1ccc(F)cc1. The number of amides is 2. The Morgan fingerprint density at radius 2 is 1.69 bits per heavy atom. The molecule has 0 fully saturated rings. The van der Waals surface area contributed by atoms with Crippen molar-refractivity contribution >= 4 is 17.5 Å². The number of ether oxygens (including phenoxy) is 1. The van der Waals surface area contributed by atoms with E-state index in [1.165, 1.54) is 18.2 Å². The van der Waals surface area contributed by atoms with Gasteiger partial charge in [-0.3, -0.25) is 9.59 Å². The number of anilines is 1. The Morgan fingerprint density at radius 3 is 2.35 bits per heavy atom. The van der Waals surface area contributed by atoms with Crippen LogP contribution in [0.3, 0.4) is 0 Å². The van der Waals surface area contributed by atoms with Crippen molar-refractivity contribution in [3.8, 4) is 5.75 Å². The van der Waals surface area contributed by atoms with Crippen molar-refractivity contribution in [1.82, 2.24) is 5.32 Å². The van der Waals surface area contributed by atoms with E-state index in [4.69, 9.17) is 4.74 Å². The Morgan fingerprint density at radius 1 is 1.00 bits per heavy atom. The number of halogens is 4. The average Bonchev–Trinajstić information content (AvgIpc) is 2.60. The number of nitrogens with one attached hydrogen (secondary N) is 2. The van der Waals surface area contributed by atoms with Gasteiger partial charge in [0.2, 0.25) is 5.91 Å². The first-order valence-electron chi connectivity index (χ1n) is 7.36. The van der Waals surface area contributed by atoms with E-state index in [2.05, 4.69) is 10.6 Å². The summed E-state index contributed by atoms with van der Waals surface area (Å²) in [7, 11) is 0. The maximum absolute atomic E-state index is 12.7. The predicted molar refractivity (Wildman–Crippen MR) is 85.0 cm³/mol. The number of hydrogen-bond acceptors (Lipinski definition) is 3. The number of alkyl halides is 3. The molecular formula is C17H14F4N2O3. The van der Waals surface area contributed by atoms with Gasteiger partial charge >= 0.3 is 6.18 Å². The summed E-state index contributed by atoms with van der Waals surface area (Å²) in [6.45, 7) is -0.923. The Hall–Kier alpha value is -3.10. The molecule has 0 bridgehead atoms. The highest BCUT2D eigenvalue weighted by atomic mass is 19.4. The molecule has 0 spiro atoms. The molecule has 2 rings (SSSR count). The van der Waals surface area contributed by atoms with Gasteiger partial charge in [-0.05, 0) is 42.5 Å². The van der Waals surface area contributed by atoms with Crippen molar-refractivity contribution in [2.75, 3.05) is 18.5 Å². The fourth-order valence-electron chi connectivity index (χ4n) is 1.88.